The average Bonchev–Trinajstić information content (AvgIpc) is 3.34. The van der Waals surface area contributed by atoms with E-state index in [2.05, 4.69) is 52.8 Å². The highest BCUT2D eigenvalue weighted by Gasteiger charge is 2.22. The molecule has 0 aliphatic carbocycles. The fourth-order valence-corrected chi connectivity index (χ4v) is 3.60. The largest absolute Gasteiger partial charge is 0.391 e. The topological polar surface area (TPSA) is 71.5 Å². The van der Waals surface area contributed by atoms with Gasteiger partial charge in [-0.15, -0.1) is 0 Å². The molecule has 3 rings (SSSR count). The molecule has 3 heterocycles. The molecule has 0 aromatic carbocycles. The molecule has 0 bridgehead atoms. The molecule has 0 radical (unpaired) electrons. The van der Waals surface area contributed by atoms with E-state index >= 15 is 0 Å². The van der Waals surface area contributed by atoms with Crippen LogP contribution < -0.4 is 0 Å². The third-order valence-electron chi connectivity index (χ3n) is 5.14. The lowest BCUT2D eigenvalue weighted by Crippen LogP contribution is -2.23. The number of aromatic nitrogens is 4. The lowest BCUT2D eigenvalue weighted by Gasteiger charge is -2.25. The third kappa shape index (κ3) is 4.67. The Kier molecular flexibility index (Phi) is 6.69. The van der Waals surface area contributed by atoms with Gasteiger partial charge in [0.05, 0.1) is 48.2 Å². The lowest BCUT2D eigenvalue weighted by molar-refractivity contribution is 0.168. The van der Waals surface area contributed by atoms with Gasteiger partial charge in [0.25, 0.3) is 0 Å². The molecule has 0 saturated carbocycles. The van der Waals surface area contributed by atoms with Gasteiger partial charge < -0.3 is 10.0 Å². The number of rotatable bonds is 8. The number of aliphatic hydroxyl groups is 1. The van der Waals surface area contributed by atoms with Crippen molar-refractivity contribution in [3.05, 3.63) is 53.9 Å². The summed E-state index contributed by atoms with van der Waals surface area (Å²) in [4.78, 5) is 7.10. The minimum atomic E-state index is -0.445. The molecule has 2 aromatic rings. The van der Waals surface area contributed by atoms with E-state index < -0.39 is 6.10 Å². The molecule has 2 aromatic heterocycles. The Labute approximate surface area is 173 Å². The molecule has 0 saturated heterocycles. The molecule has 0 spiro atoms. The maximum Gasteiger partial charge on any atom is 0.0974 e. The van der Waals surface area contributed by atoms with Gasteiger partial charge in [-0.1, -0.05) is 26.8 Å². The molecule has 29 heavy (non-hydrogen) atoms. The van der Waals surface area contributed by atoms with Crippen molar-refractivity contribution in [2.24, 2.45) is 4.99 Å². The van der Waals surface area contributed by atoms with Crippen LogP contribution in [-0.4, -0.2) is 48.4 Å². The molecule has 0 unspecified atom stereocenters. The molecule has 0 amide bonds. The van der Waals surface area contributed by atoms with Crippen LogP contribution in [0, 0.1) is 0 Å². The third-order valence-corrected chi connectivity index (χ3v) is 5.14. The van der Waals surface area contributed by atoms with Gasteiger partial charge in [0.1, 0.15) is 0 Å². The van der Waals surface area contributed by atoms with Crippen LogP contribution in [0.5, 0.6) is 0 Å². The summed E-state index contributed by atoms with van der Waals surface area (Å²) in [6, 6.07) is 0.401. The van der Waals surface area contributed by atoms with Crippen molar-refractivity contribution in [3.63, 3.8) is 0 Å². The summed E-state index contributed by atoms with van der Waals surface area (Å²) < 4.78 is 3.80. The van der Waals surface area contributed by atoms with Gasteiger partial charge in [-0.3, -0.25) is 9.36 Å². The van der Waals surface area contributed by atoms with E-state index in [-0.39, 0.29) is 0 Å². The number of likely N-dealkylation sites (N-methyl/N-ethyl adjacent to an activating group) is 1. The highest BCUT2D eigenvalue weighted by molar-refractivity contribution is 6.15. The first-order valence-corrected chi connectivity index (χ1v) is 10.5. The highest BCUT2D eigenvalue weighted by atomic mass is 16.3. The quantitative estimate of drug-likeness (QED) is 0.736. The van der Waals surface area contributed by atoms with Crippen LogP contribution in [0.3, 0.4) is 0 Å². The highest BCUT2D eigenvalue weighted by Crippen LogP contribution is 2.27. The van der Waals surface area contributed by atoms with Gasteiger partial charge in [0.15, 0.2) is 0 Å². The Hall–Kier alpha value is -2.67. The van der Waals surface area contributed by atoms with Crippen molar-refractivity contribution < 1.29 is 5.11 Å². The van der Waals surface area contributed by atoms with Crippen molar-refractivity contribution in [1.82, 2.24) is 24.5 Å². The minimum absolute atomic E-state index is 0.401. The Morgan fingerprint density at radius 2 is 1.79 bits per heavy atom. The Balaban J connectivity index is 1.99. The van der Waals surface area contributed by atoms with E-state index in [4.69, 9.17) is 4.99 Å². The first-order valence-electron chi connectivity index (χ1n) is 10.5. The normalized spacial score (nSPS) is 17.1. The Morgan fingerprint density at radius 3 is 2.45 bits per heavy atom. The fourth-order valence-electron chi connectivity index (χ4n) is 3.60. The number of hydrogen-bond acceptors (Lipinski definition) is 5. The zero-order valence-electron chi connectivity index (χ0n) is 18.1. The van der Waals surface area contributed by atoms with Crippen molar-refractivity contribution in [2.45, 2.75) is 65.6 Å². The van der Waals surface area contributed by atoms with Crippen LogP contribution >= 0.6 is 0 Å². The molecule has 1 aliphatic rings. The average molecular weight is 397 g/mol. The van der Waals surface area contributed by atoms with E-state index in [0.29, 0.717) is 12.6 Å². The summed E-state index contributed by atoms with van der Waals surface area (Å²) in [7, 11) is 2.04. The zero-order chi connectivity index (χ0) is 21.0. The molecule has 0 fully saturated rings. The van der Waals surface area contributed by atoms with Gasteiger partial charge in [0, 0.05) is 36.8 Å². The smallest absolute Gasteiger partial charge is 0.0974 e. The molecule has 7 heteroatoms. The van der Waals surface area contributed by atoms with Crippen LogP contribution in [-0.2, 0) is 6.54 Å². The summed E-state index contributed by atoms with van der Waals surface area (Å²) in [6.45, 7) is 8.73. The molecular weight excluding hydrogens is 364 g/mol. The van der Waals surface area contributed by atoms with Crippen molar-refractivity contribution in [3.8, 4) is 0 Å². The first-order chi connectivity index (χ1) is 14.0. The molecule has 1 N–H and O–H groups in total. The van der Waals surface area contributed by atoms with E-state index in [9.17, 15) is 5.11 Å². The van der Waals surface area contributed by atoms with E-state index in [1.807, 2.05) is 25.6 Å². The van der Waals surface area contributed by atoms with E-state index in [1.54, 1.807) is 17.8 Å². The second-order valence-corrected chi connectivity index (χ2v) is 7.56. The van der Waals surface area contributed by atoms with Crippen molar-refractivity contribution in [2.75, 3.05) is 7.05 Å². The van der Waals surface area contributed by atoms with Crippen molar-refractivity contribution >= 4 is 11.4 Å². The second-order valence-electron chi connectivity index (χ2n) is 7.56. The van der Waals surface area contributed by atoms with Crippen molar-refractivity contribution in [1.29, 1.82) is 0 Å². The zero-order valence-corrected chi connectivity index (χ0v) is 18.1. The molecular formula is C22H32N6O. The number of allylic oxidation sites excluding steroid dienone is 2. The molecule has 1 aliphatic heterocycles. The molecule has 7 nitrogen and oxygen atoms in total. The summed E-state index contributed by atoms with van der Waals surface area (Å²) >= 11 is 0. The van der Waals surface area contributed by atoms with Gasteiger partial charge in [-0.25, -0.2) is 4.99 Å². The second kappa shape index (κ2) is 9.22. The van der Waals surface area contributed by atoms with E-state index in [0.717, 1.165) is 47.5 Å². The van der Waals surface area contributed by atoms with Gasteiger partial charge in [-0.05, 0) is 26.2 Å². The van der Waals surface area contributed by atoms with Gasteiger partial charge >= 0.3 is 0 Å². The summed E-state index contributed by atoms with van der Waals surface area (Å²) in [5, 5.41) is 18.6. The Morgan fingerprint density at radius 1 is 1.07 bits per heavy atom. The number of hydrogen-bond donors (Lipinski definition) is 1. The Bertz CT molecular complexity index is 913. The van der Waals surface area contributed by atoms with Crippen LogP contribution in [0.1, 0.15) is 64.1 Å². The predicted molar refractivity (Wildman–Crippen MR) is 116 cm³/mol. The van der Waals surface area contributed by atoms with Crippen LogP contribution in [0.15, 0.2) is 47.8 Å². The number of nitrogens with zero attached hydrogens (tertiary/aromatic N) is 6. The summed E-state index contributed by atoms with van der Waals surface area (Å²) in [6.07, 6.45) is 14.5. The van der Waals surface area contributed by atoms with Crippen LogP contribution in [0.2, 0.25) is 0 Å². The first kappa shape index (κ1) is 21.0. The maximum atomic E-state index is 9.61. The lowest BCUT2D eigenvalue weighted by atomic mass is 10.1. The van der Waals surface area contributed by atoms with Gasteiger partial charge in [0.2, 0.25) is 0 Å². The minimum Gasteiger partial charge on any atom is -0.391 e. The number of aliphatic imine (C=N–C) groups is 1. The van der Waals surface area contributed by atoms with Crippen LogP contribution in [0.25, 0.3) is 5.70 Å². The summed E-state index contributed by atoms with van der Waals surface area (Å²) in [5.74, 6) is 0. The number of aliphatic hydroxyl groups excluding tert-OH is 1. The maximum absolute atomic E-state index is 9.61. The fraction of sp³-hybridized carbons (Fsp3) is 0.500. The SMILES string of the molecule is CC/C=C1/C(c2cnn(C(CC)CC)c2)=NC(c2cnn(C[C@@H](C)O)c2)=CN1C. The molecule has 1 atom stereocenters. The molecule has 156 valence electrons. The predicted octanol–water partition coefficient (Wildman–Crippen LogP) is 3.85. The van der Waals surface area contributed by atoms with Gasteiger partial charge in [-0.2, -0.15) is 10.2 Å². The van der Waals surface area contributed by atoms with E-state index in [1.165, 1.54) is 0 Å². The monoisotopic (exact) mass is 396 g/mol. The standard InChI is InChI=1S/C22H32N6O/c1-6-9-21-22(18-11-24-28(14-18)19(7-2)8-3)25-20(15-26(21)5)17-10-23-27(13-17)12-16(4)29/h9-11,13-16,19,29H,6-8,12H2,1-5H3/b21-9-/t16-/m1/s1. The summed E-state index contributed by atoms with van der Waals surface area (Å²) in [5.41, 5.74) is 4.80. The van der Waals surface area contributed by atoms with Crippen LogP contribution in [0.4, 0.5) is 0 Å².